The van der Waals surface area contributed by atoms with E-state index in [2.05, 4.69) is 14.6 Å². The van der Waals surface area contributed by atoms with Crippen LogP contribution in [0.25, 0.3) is 0 Å². The third kappa shape index (κ3) is 1.17. The zero-order valence-electron chi connectivity index (χ0n) is 4.44. The maximum absolute atomic E-state index is 11.5. The topological polar surface area (TPSA) is 62.7 Å². The van der Waals surface area contributed by atoms with E-state index in [1.54, 1.807) is 0 Å². The van der Waals surface area contributed by atoms with Gasteiger partial charge in [0.2, 0.25) is 0 Å². The van der Waals surface area contributed by atoms with Crippen LogP contribution in [0.5, 0.6) is 0 Å². The van der Waals surface area contributed by atoms with Gasteiger partial charge < -0.3 is 4.42 Å². The Balaban J connectivity index is 2.96. The molecule has 1 aromatic heterocycles. The van der Waals surface area contributed by atoms with Gasteiger partial charge in [0.05, 0.1) is 0 Å². The van der Waals surface area contributed by atoms with Crippen molar-refractivity contribution in [1.82, 2.24) is 15.9 Å². The molecule has 0 saturated carbocycles. The number of nitrogens with one attached hydrogen (secondary N) is 1. The summed E-state index contributed by atoms with van der Waals surface area (Å²) < 4.78 is 38.3. The predicted molar refractivity (Wildman–Crippen MR) is 22.1 cm³/mol. The minimum atomic E-state index is -4.65. The summed E-state index contributed by atoms with van der Waals surface area (Å²) in [7, 11) is 0. The molecule has 1 heterocycles. The van der Waals surface area contributed by atoms with E-state index in [4.69, 9.17) is 5.73 Å². The predicted octanol–water partition coefficient (Wildman–Crippen LogP) is 1.00. The zero-order chi connectivity index (χ0) is 7.78. The normalized spacial score (nSPS) is 11.9. The molecule has 0 aliphatic rings. The van der Waals surface area contributed by atoms with Crippen molar-refractivity contribution in [2.45, 2.75) is 6.18 Å². The number of aromatic nitrogens is 2. The molecule has 0 atom stereocenters. The van der Waals surface area contributed by atoms with Gasteiger partial charge in [-0.3, -0.25) is 0 Å². The van der Waals surface area contributed by atoms with Gasteiger partial charge >= 0.3 is 18.1 Å². The lowest BCUT2D eigenvalue weighted by Gasteiger charge is -1.95. The molecule has 0 unspecified atom stereocenters. The highest BCUT2D eigenvalue weighted by atomic mass is 19.4. The van der Waals surface area contributed by atoms with Crippen LogP contribution in [-0.2, 0) is 6.18 Å². The number of rotatable bonds is 0. The molecule has 0 saturated heterocycles. The molecular weight excluding hydrogens is 151 g/mol. The Morgan fingerprint density at radius 2 is 1.90 bits per heavy atom. The number of alkyl halides is 3. The summed E-state index contributed by atoms with van der Waals surface area (Å²) in [5, 5.41) is 5.27. The third-order valence-corrected chi connectivity index (χ3v) is 0.667. The first-order valence-corrected chi connectivity index (χ1v) is 2.12. The van der Waals surface area contributed by atoms with Crippen LogP contribution < -0.4 is 5.73 Å². The highest BCUT2D eigenvalue weighted by Gasteiger charge is 2.37. The summed E-state index contributed by atoms with van der Waals surface area (Å²) in [6.07, 6.45) is -4.65. The first kappa shape index (κ1) is 6.84. The first-order chi connectivity index (χ1) is 4.50. The lowest BCUT2D eigenvalue weighted by molar-refractivity contribution is -0.156. The lowest BCUT2D eigenvalue weighted by Crippen LogP contribution is -2.04. The third-order valence-electron chi connectivity index (χ3n) is 0.667. The van der Waals surface area contributed by atoms with Crippen molar-refractivity contribution < 1.29 is 17.6 Å². The molecule has 0 spiro atoms. The summed E-state index contributed by atoms with van der Waals surface area (Å²) in [6, 6.07) is -0.840. The second-order valence-corrected chi connectivity index (χ2v) is 1.41. The van der Waals surface area contributed by atoms with Crippen molar-refractivity contribution in [3.8, 4) is 0 Å². The molecule has 0 aromatic carbocycles. The molecule has 0 fully saturated rings. The average molecular weight is 152 g/mol. The molecule has 0 amide bonds. The highest BCUT2D eigenvalue weighted by molar-refractivity contribution is 4.99. The smallest absolute Gasteiger partial charge is 0.398 e. The van der Waals surface area contributed by atoms with Gasteiger partial charge in [-0.2, -0.15) is 13.2 Å². The van der Waals surface area contributed by atoms with Crippen LogP contribution in [0.1, 0.15) is 5.89 Å². The average Bonchev–Trinajstić information content (AvgIpc) is 2.11. The van der Waals surface area contributed by atoms with E-state index in [1.807, 2.05) is 0 Å². The van der Waals surface area contributed by atoms with Crippen LogP contribution in [0.15, 0.2) is 4.42 Å². The quantitative estimate of drug-likeness (QED) is 0.557. The molecule has 0 bridgehead atoms. The van der Waals surface area contributed by atoms with Crippen LogP contribution in [0.2, 0.25) is 0 Å². The molecule has 1 radical (unpaired) electrons. The monoisotopic (exact) mass is 152 g/mol. The molecule has 4 nitrogen and oxygen atoms in total. The fraction of sp³-hybridized carbons (Fsp3) is 0.333. The molecule has 0 aliphatic heterocycles. The lowest BCUT2D eigenvalue weighted by atomic mass is 10.7. The summed E-state index contributed by atoms with van der Waals surface area (Å²) in [5.74, 6) is -1.49. The van der Waals surface area contributed by atoms with E-state index in [9.17, 15) is 13.2 Å². The van der Waals surface area contributed by atoms with Gasteiger partial charge in [-0.15, -0.1) is 5.10 Å². The SMILES string of the molecule is [NH]c1nnc(C(F)(F)F)o1. The van der Waals surface area contributed by atoms with Gasteiger partial charge in [-0.25, -0.2) is 5.73 Å². The fourth-order valence-corrected chi connectivity index (χ4v) is 0.338. The van der Waals surface area contributed by atoms with Gasteiger partial charge in [-0.1, -0.05) is 5.10 Å². The van der Waals surface area contributed by atoms with Gasteiger partial charge in [0.25, 0.3) is 0 Å². The van der Waals surface area contributed by atoms with E-state index in [-0.39, 0.29) is 0 Å². The van der Waals surface area contributed by atoms with Crippen molar-refractivity contribution in [3.05, 3.63) is 5.89 Å². The highest BCUT2D eigenvalue weighted by Crippen LogP contribution is 2.28. The standard InChI is InChI=1S/C3HF3N3O/c4-3(5,6)1-8-9-2(7)10-1/h7H. The maximum Gasteiger partial charge on any atom is 0.470 e. The van der Waals surface area contributed by atoms with Crippen LogP contribution >= 0.6 is 0 Å². The molecule has 1 aromatic rings. The van der Waals surface area contributed by atoms with E-state index in [1.165, 1.54) is 0 Å². The Morgan fingerprint density at radius 1 is 1.30 bits per heavy atom. The Morgan fingerprint density at radius 3 is 2.10 bits per heavy atom. The van der Waals surface area contributed by atoms with Crippen LogP contribution in [-0.4, -0.2) is 10.2 Å². The molecule has 10 heavy (non-hydrogen) atoms. The fourth-order valence-electron chi connectivity index (χ4n) is 0.338. The summed E-state index contributed by atoms with van der Waals surface area (Å²) in [6.45, 7) is 0. The number of halogens is 3. The minimum absolute atomic E-state index is 0.840. The van der Waals surface area contributed by atoms with E-state index >= 15 is 0 Å². The Labute approximate surface area is 52.8 Å². The second-order valence-electron chi connectivity index (χ2n) is 1.41. The van der Waals surface area contributed by atoms with E-state index in [0.717, 1.165) is 0 Å². The Hall–Kier alpha value is -1.27. The first-order valence-electron chi connectivity index (χ1n) is 2.12. The Kier molecular flexibility index (Phi) is 1.27. The largest absolute Gasteiger partial charge is 0.470 e. The van der Waals surface area contributed by atoms with Crippen molar-refractivity contribution in [3.63, 3.8) is 0 Å². The molecule has 1 N–H and O–H groups in total. The van der Waals surface area contributed by atoms with E-state index < -0.39 is 18.1 Å². The van der Waals surface area contributed by atoms with Gasteiger partial charge in [0.15, 0.2) is 0 Å². The molecule has 7 heteroatoms. The van der Waals surface area contributed by atoms with Crippen LogP contribution in [0, 0.1) is 0 Å². The van der Waals surface area contributed by atoms with Gasteiger partial charge in [0, 0.05) is 0 Å². The number of hydrogen-bond donors (Lipinski definition) is 0. The van der Waals surface area contributed by atoms with Crippen molar-refractivity contribution in [1.29, 1.82) is 0 Å². The summed E-state index contributed by atoms with van der Waals surface area (Å²) >= 11 is 0. The second kappa shape index (κ2) is 1.86. The van der Waals surface area contributed by atoms with Gasteiger partial charge in [0.1, 0.15) is 0 Å². The molecule has 55 valence electrons. The number of nitrogens with zero attached hydrogens (tertiary/aromatic N) is 2. The molecule has 0 aliphatic carbocycles. The molecule has 1 rings (SSSR count). The van der Waals surface area contributed by atoms with Crippen LogP contribution in [0.3, 0.4) is 0 Å². The summed E-state index contributed by atoms with van der Waals surface area (Å²) in [5.41, 5.74) is 6.46. The summed E-state index contributed by atoms with van der Waals surface area (Å²) in [4.78, 5) is 0. The maximum atomic E-state index is 11.5. The van der Waals surface area contributed by atoms with Crippen molar-refractivity contribution >= 4 is 6.01 Å². The van der Waals surface area contributed by atoms with E-state index in [0.29, 0.717) is 0 Å². The molecular formula is C3HF3N3O. The van der Waals surface area contributed by atoms with Crippen LogP contribution in [0.4, 0.5) is 19.2 Å². The minimum Gasteiger partial charge on any atom is -0.398 e. The zero-order valence-corrected chi connectivity index (χ0v) is 4.44. The Bertz CT molecular complexity index is 229. The van der Waals surface area contributed by atoms with Crippen molar-refractivity contribution in [2.75, 3.05) is 0 Å². The van der Waals surface area contributed by atoms with Crippen molar-refractivity contribution in [2.24, 2.45) is 0 Å². The van der Waals surface area contributed by atoms with Gasteiger partial charge in [-0.05, 0) is 0 Å². The number of hydrogen-bond acceptors (Lipinski definition) is 3.